The third-order valence-electron chi connectivity index (χ3n) is 14.9. The zero-order valence-corrected chi connectivity index (χ0v) is 36.8. The van der Waals surface area contributed by atoms with Crippen molar-refractivity contribution in [2.75, 3.05) is 52.5 Å². The summed E-state index contributed by atoms with van der Waals surface area (Å²) in [6.45, 7) is 13.6. The molecule has 8 aliphatic rings. The molecule has 11 rings (SSSR count). The number of ether oxygens (including phenoxy) is 1. The molecule has 1 amide bonds. The van der Waals surface area contributed by atoms with E-state index in [1.807, 2.05) is 24.3 Å². The minimum atomic E-state index is -4.51. The molecule has 6 aliphatic carbocycles. The molecule has 3 saturated carbocycles. The second-order valence-electron chi connectivity index (χ2n) is 20.2. The van der Waals surface area contributed by atoms with Gasteiger partial charge < -0.3 is 15.0 Å². The number of sulfonamides is 1. The Morgan fingerprint density at radius 3 is 2.63 bits per heavy atom. The molecule has 2 aliphatic heterocycles. The van der Waals surface area contributed by atoms with Crippen molar-refractivity contribution in [3.8, 4) is 0 Å². The van der Waals surface area contributed by atoms with Gasteiger partial charge in [0.25, 0.3) is 16.1 Å². The molecule has 0 radical (unpaired) electrons. The van der Waals surface area contributed by atoms with Crippen LogP contribution in [0.2, 0.25) is 0 Å². The largest absolute Gasteiger partial charge is 0.381 e. The Morgan fingerprint density at radius 1 is 1.11 bits per heavy atom. The van der Waals surface area contributed by atoms with E-state index < -0.39 is 39.2 Å². The van der Waals surface area contributed by atoms with Gasteiger partial charge in [0.2, 0.25) is 5.91 Å². The number of fused-ring (bicyclic) bond motifs is 2. The fraction of sp³-hybridized carbons (Fsp3) is 0.587. The van der Waals surface area contributed by atoms with Crippen molar-refractivity contribution < 1.29 is 22.9 Å². The number of hydrogen-bond donors (Lipinski definition) is 3. The molecule has 3 N–H and O–H groups in total. The van der Waals surface area contributed by atoms with E-state index in [0.717, 1.165) is 62.2 Å². The molecule has 328 valence electrons. The summed E-state index contributed by atoms with van der Waals surface area (Å²) in [5.41, 5.74) is 13.9. The van der Waals surface area contributed by atoms with Gasteiger partial charge in [0.15, 0.2) is 5.65 Å². The summed E-state index contributed by atoms with van der Waals surface area (Å²) in [6.07, 6.45) is 16.6. The van der Waals surface area contributed by atoms with E-state index >= 15 is 0 Å². The molecule has 3 aromatic rings. The molecule has 3 aromatic heterocycles. The highest BCUT2D eigenvalue weighted by molar-refractivity contribution is 7.93. The zero-order chi connectivity index (χ0) is 43.0. The van der Waals surface area contributed by atoms with E-state index in [9.17, 15) is 23.3 Å². The molecular weight excluding hydrogens is 807 g/mol. The average molecular weight is 864 g/mol. The number of nitrogens with one attached hydrogen (secondary N) is 3. The number of allylic oxidation sites excluding steroid dienone is 3. The first kappa shape index (κ1) is 41.1. The molecule has 1 unspecified atom stereocenters. The molecule has 62 heavy (non-hydrogen) atoms. The fourth-order valence-corrected chi connectivity index (χ4v) is 12.7. The van der Waals surface area contributed by atoms with Crippen LogP contribution < -0.4 is 10.0 Å². The minimum Gasteiger partial charge on any atom is -0.381 e. The molecule has 5 heterocycles. The minimum absolute atomic E-state index is 0.180. The Balaban J connectivity index is 0.884. The SMILES string of the molecule is CC1(C)CCC(CN2CCN(C3=CC[C@H](C(=O)NS(=O)(=O)C4=C=C=C(NCC5CCOCC5)C([N+](=O)[O-])C4)C(n4[nH]cc5nc6nccc6cc54)=C3)CC2)=C(C23CC(C)(C2)C3)C1. The highest BCUT2D eigenvalue weighted by atomic mass is 32.2. The molecule has 0 aromatic carbocycles. The third kappa shape index (κ3) is 7.63. The normalized spacial score (nSPS) is 29.0. The summed E-state index contributed by atoms with van der Waals surface area (Å²) in [5.74, 6) is -1.38. The molecule has 16 heteroatoms. The Morgan fingerprint density at radius 2 is 1.89 bits per heavy atom. The number of aromatic amines is 1. The van der Waals surface area contributed by atoms with Gasteiger partial charge in [-0.3, -0.25) is 29.6 Å². The van der Waals surface area contributed by atoms with Crippen LogP contribution in [0.1, 0.15) is 85.0 Å². The number of nitrogens with zero attached hydrogens (tertiary/aromatic N) is 6. The highest BCUT2D eigenvalue weighted by Gasteiger charge is 2.66. The standard InChI is InChI=1S/C46H57N9O6S/c1-44(2)12-8-32(36(23-44)46-27-45(3,28-46)29-46)26-52-14-16-53(17-15-52)33-4-6-35(39(21-33)54-40-20-31-9-13-47-42(31)50-38(40)25-49-54)43(56)51-62(59,60)34-5-7-37(41(22-34)55(57)58)48-24-30-10-18-61-19-11-30/h4,9,13,20-21,25,30,35,41,48-49H,6,8,10-12,14-19,22-24,26-29H2,1-3H3,(H,51,56)/t35-,41?,45?,46?/m0/s1. The van der Waals surface area contributed by atoms with Crippen LogP contribution in [0.5, 0.6) is 0 Å². The predicted molar refractivity (Wildman–Crippen MR) is 235 cm³/mol. The Labute approximate surface area is 362 Å². The monoisotopic (exact) mass is 863 g/mol. The van der Waals surface area contributed by atoms with Gasteiger partial charge >= 0.3 is 0 Å². The number of carbonyl (C=O) groups is 1. The maximum absolute atomic E-state index is 14.3. The van der Waals surface area contributed by atoms with Crippen LogP contribution in [-0.4, -0.2) is 107 Å². The van der Waals surface area contributed by atoms with E-state index in [1.165, 1.54) is 38.5 Å². The first-order valence-corrected chi connectivity index (χ1v) is 23.8. The quantitative estimate of drug-likeness (QED) is 0.0841. The van der Waals surface area contributed by atoms with Crippen molar-refractivity contribution in [3.63, 3.8) is 0 Å². The molecule has 2 saturated heterocycles. The number of aromatic nitrogens is 4. The molecule has 0 spiro atoms. The Hall–Kier alpha value is -4.98. The summed E-state index contributed by atoms with van der Waals surface area (Å²) in [6, 6.07) is 2.47. The maximum Gasteiger partial charge on any atom is 0.268 e. The first-order chi connectivity index (χ1) is 29.7. The van der Waals surface area contributed by atoms with Gasteiger partial charge in [0, 0.05) is 80.9 Å². The van der Waals surface area contributed by atoms with Crippen molar-refractivity contribution in [3.05, 3.63) is 85.7 Å². The number of hydrogen-bond acceptors (Lipinski definition) is 11. The van der Waals surface area contributed by atoms with Crippen molar-refractivity contribution in [2.24, 2.45) is 28.1 Å². The molecular formula is C46H57N9O6S. The lowest BCUT2D eigenvalue weighted by molar-refractivity contribution is -0.512. The van der Waals surface area contributed by atoms with Crippen molar-refractivity contribution >= 4 is 43.7 Å². The second-order valence-corrected chi connectivity index (χ2v) is 21.9. The van der Waals surface area contributed by atoms with Gasteiger partial charge in [0.05, 0.1) is 23.6 Å². The van der Waals surface area contributed by atoms with Crippen LogP contribution in [-0.2, 0) is 19.6 Å². The average Bonchev–Trinajstić information content (AvgIpc) is 3.87. The number of amides is 1. The van der Waals surface area contributed by atoms with Gasteiger partial charge in [-0.2, -0.15) is 0 Å². The fourth-order valence-electron chi connectivity index (χ4n) is 11.6. The van der Waals surface area contributed by atoms with Gasteiger partial charge in [-0.25, -0.2) is 23.1 Å². The first-order valence-electron chi connectivity index (χ1n) is 22.4. The van der Waals surface area contributed by atoms with Gasteiger partial charge in [-0.15, -0.1) is 0 Å². The smallest absolute Gasteiger partial charge is 0.268 e. The number of piperazine rings is 1. The Kier molecular flexibility index (Phi) is 10.2. The summed E-state index contributed by atoms with van der Waals surface area (Å²) < 4.78 is 37.2. The summed E-state index contributed by atoms with van der Waals surface area (Å²) in [7, 11) is -4.51. The summed E-state index contributed by atoms with van der Waals surface area (Å²) in [4.78, 5) is 39.6. The van der Waals surface area contributed by atoms with E-state index in [2.05, 4.69) is 62.2 Å². The van der Waals surface area contributed by atoms with Gasteiger partial charge in [-0.05, 0) is 104 Å². The van der Waals surface area contributed by atoms with Crippen LogP contribution in [0.25, 0.3) is 27.8 Å². The van der Waals surface area contributed by atoms with Crippen molar-refractivity contribution in [1.29, 1.82) is 0 Å². The topological polar surface area (TPSA) is 181 Å². The molecule has 2 atom stereocenters. The third-order valence-corrected chi connectivity index (χ3v) is 16.3. The van der Waals surface area contributed by atoms with Crippen LogP contribution >= 0.6 is 0 Å². The summed E-state index contributed by atoms with van der Waals surface area (Å²) in [5, 5.41) is 19.4. The molecule has 15 nitrogen and oxygen atoms in total. The Bertz CT molecular complexity index is 2640. The van der Waals surface area contributed by atoms with E-state index in [0.29, 0.717) is 52.9 Å². The molecule has 2 bridgehead atoms. The van der Waals surface area contributed by atoms with Crippen molar-refractivity contribution in [2.45, 2.75) is 91.0 Å². The van der Waals surface area contributed by atoms with Gasteiger partial charge in [0.1, 0.15) is 16.1 Å². The summed E-state index contributed by atoms with van der Waals surface area (Å²) >= 11 is 0. The van der Waals surface area contributed by atoms with E-state index in [1.54, 1.807) is 28.2 Å². The second kappa shape index (κ2) is 15.4. The molecule has 5 fully saturated rings. The lowest BCUT2D eigenvalue weighted by Gasteiger charge is -2.72. The number of rotatable bonds is 12. The van der Waals surface area contributed by atoms with Crippen molar-refractivity contribution in [1.82, 2.24) is 39.6 Å². The predicted octanol–water partition coefficient (Wildman–Crippen LogP) is 6.00. The highest BCUT2D eigenvalue weighted by Crippen LogP contribution is 2.77. The number of pyridine rings is 1. The lowest BCUT2D eigenvalue weighted by atomic mass is 9.33. The zero-order valence-electron chi connectivity index (χ0n) is 36.0. The maximum atomic E-state index is 14.3. The van der Waals surface area contributed by atoms with Crippen LogP contribution in [0.3, 0.4) is 0 Å². The van der Waals surface area contributed by atoms with Gasteiger partial charge in [-0.1, -0.05) is 43.7 Å². The van der Waals surface area contributed by atoms with Crippen LogP contribution in [0.15, 0.2) is 75.6 Å². The number of carbonyl (C=O) groups excluding carboxylic acids is 1. The van der Waals surface area contributed by atoms with Crippen LogP contribution in [0.4, 0.5) is 0 Å². The number of H-pyrrole nitrogens is 1. The number of nitro groups is 1. The van der Waals surface area contributed by atoms with Crippen LogP contribution in [0, 0.1) is 38.2 Å². The van der Waals surface area contributed by atoms with E-state index in [-0.39, 0.29) is 22.9 Å². The lowest BCUT2D eigenvalue weighted by Crippen LogP contribution is -2.61. The van der Waals surface area contributed by atoms with E-state index in [4.69, 9.17) is 9.72 Å².